The molecule has 0 fully saturated rings. The second kappa shape index (κ2) is 8.64. The zero-order valence-corrected chi connectivity index (χ0v) is 20.4. The number of aromatic nitrogens is 3. The average molecular weight is 525 g/mol. The molecular formula is C29H19BrClN3. The number of H-pyrrole nitrogens is 2. The molecule has 3 nitrogen and oxygen atoms in total. The smallest absolute Gasteiger partial charge is 0.140 e. The van der Waals surface area contributed by atoms with Crippen molar-refractivity contribution in [2.45, 2.75) is 0 Å². The van der Waals surface area contributed by atoms with Crippen LogP contribution in [-0.2, 0) is 0 Å². The molecule has 164 valence electrons. The third kappa shape index (κ3) is 3.85. The Kier molecular flexibility index (Phi) is 5.33. The largest absolute Gasteiger partial charge is 0.360 e. The summed E-state index contributed by atoms with van der Waals surface area (Å²) in [5.41, 5.74) is 8.41. The van der Waals surface area contributed by atoms with Gasteiger partial charge in [0, 0.05) is 43.3 Å². The van der Waals surface area contributed by atoms with Gasteiger partial charge in [0.2, 0.25) is 0 Å². The summed E-state index contributed by atoms with van der Waals surface area (Å²) in [7, 11) is 0. The molecule has 0 amide bonds. The number of halogens is 2. The first-order chi connectivity index (χ1) is 16.7. The van der Waals surface area contributed by atoms with Crippen LogP contribution in [0.4, 0.5) is 0 Å². The quantitative estimate of drug-likeness (QED) is 0.237. The molecule has 0 aliphatic heterocycles. The molecule has 4 aromatic carbocycles. The van der Waals surface area contributed by atoms with Crippen molar-refractivity contribution in [2.24, 2.45) is 0 Å². The Labute approximate surface area is 210 Å². The van der Waals surface area contributed by atoms with E-state index in [1.807, 2.05) is 42.6 Å². The molecule has 6 aromatic rings. The lowest BCUT2D eigenvalue weighted by atomic mass is 10.0. The first-order valence-corrected chi connectivity index (χ1v) is 12.1. The highest BCUT2D eigenvalue weighted by Crippen LogP contribution is 2.37. The summed E-state index contributed by atoms with van der Waals surface area (Å²) < 4.78 is 1.03. The summed E-state index contributed by atoms with van der Waals surface area (Å²) in [5.74, 6) is 0.816. The summed E-state index contributed by atoms with van der Waals surface area (Å²) in [6.45, 7) is 0. The second-order valence-electron chi connectivity index (χ2n) is 8.15. The molecule has 0 aliphatic carbocycles. The molecule has 0 aliphatic rings. The standard InChI is InChI=1S/C29H19BrClN3/c30-22-12-15-26-24(16-22)25(17-32-26)29-33-27(28(34-29)21-10-13-23(31)14-11-21)20-8-6-19(7-9-20)18-4-2-1-3-5-18/h1-17,32H,(H,33,34). The molecule has 0 radical (unpaired) electrons. The average Bonchev–Trinajstić information content (AvgIpc) is 3.49. The van der Waals surface area contributed by atoms with Crippen molar-refractivity contribution in [2.75, 3.05) is 0 Å². The van der Waals surface area contributed by atoms with E-state index in [-0.39, 0.29) is 0 Å². The molecule has 5 heteroatoms. The number of rotatable bonds is 4. The minimum absolute atomic E-state index is 0.707. The van der Waals surface area contributed by atoms with E-state index in [2.05, 4.69) is 86.6 Å². The summed E-state index contributed by atoms with van der Waals surface area (Å²) in [4.78, 5) is 12.0. The highest BCUT2D eigenvalue weighted by atomic mass is 79.9. The van der Waals surface area contributed by atoms with Crippen LogP contribution in [0, 0.1) is 0 Å². The number of aromatic amines is 2. The summed E-state index contributed by atoms with van der Waals surface area (Å²) in [5, 5.41) is 1.82. The molecule has 0 spiro atoms. The van der Waals surface area contributed by atoms with Gasteiger partial charge in [-0.25, -0.2) is 4.98 Å². The van der Waals surface area contributed by atoms with Crippen LogP contribution < -0.4 is 0 Å². The van der Waals surface area contributed by atoms with Gasteiger partial charge in [-0.3, -0.25) is 0 Å². The van der Waals surface area contributed by atoms with Crippen molar-refractivity contribution in [1.82, 2.24) is 15.0 Å². The van der Waals surface area contributed by atoms with E-state index in [0.29, 0.717) is 5.02 Å². The lowest BCUT2D eigenvalue weighted by molar-refractivity contribution is 1.31. The highest BCUT2D eigenvalue weighted by molar-refractivity contribution is 9.10. The van der Waals surface area contributed by atoms with E-state index in [1.165, 1.54) is 11.1 Å². The van der Waals surface area contributed by atoms with Gasteiger partial charge in [0.1, 0.15) is 5.82 Å². The van der Waals surface area contributed by atoms with E-state index >= 15 is 0 Å². The fourth-order valence-electron chi connectivity index (χ4n) is 4.28. The number of imidazole rings is 1. The van der Waals surface area contributed by atoms with Crippen molar-refractivity contribution >= 4 is 38.4 Å². The van der Waals surface area contributed by atoms with Crippen LogP contribution in [0.3, 0.4) is 0 Å². The van der Waals surface area contributed by atoms with E-state index in [0.717, 1.165) is 49.3 Å². The second-order valence-corrected chi connectivity index (χ2v) is 9.50. The SMILES string of the molecule is Clc1ccc(-c2[nH]c(-c3c[nH]c4ccc(Br)cc34)nc2-c2ccc(-c3ccccc3)cc2)cc1. The maximum absolute atomic E-state index is 6.16. The van der Waals surface area contributed by atoms with Crippen molar-refractivity contribution in [1.29, 1.82) is 0 Å². The van der Waals surface area contributed by atoms with Crippen LogP contribution in [0.1, 0.15) is 0 Å². The summed E-state index contributed by atoms with van der Waals surface area (Å²) in [6, 6.07) is 33.0. The maximum atomic E-state index is 6.16. The monoisotopic (exact) mass is 523 g/mol. The molecule has 0 unspecified atom stereocenters. The van der Waals surface area contributed by atoms with Crippen LogP contribution >= 0.6 is 27.5 Å². The Morgan fingerprint density at radius 2 is 1.38 bits per heavy atom. The van der Waals surface area contributed by atoms with Crippen molar-refractivity contribution in [3.8, 4) is 45.0 Å². The molecule has 2 N–H and O–H groups in total. The normalized spacial score (nSPS) is 11.2. The van der Waals surface area contributed by atoms with Crippen LogP contribution in [0.25, 0.3) is 55.9 Å². The van der Waals surface area contributed by atoms with Crippen molar-refractivity contribution < 1.29 is 0 Å². The van der Waals surface area contributed by atoms with Crippen molar-refractivity contribution in [3.05, 3.63) is 113 Å². The Morgan fingerprint density at radius 1 is 0.706 bits per heavy atom. The van der Waals surface area contributed by atoms with Crippen molar-refractivity contribution in [3.63, 3.8) is 0 Å². The molecule has 0 saturated heterocycles. The molecule has 6 rings (SSSR count). The Balaban J connectivity index is 1.50. The van der Waals surface area contributed by atoms with Gasteiger partial charge in [0.05, 0.1) is 11.4 Å². The fourth-order valence-corrected chi connectivity index (χ4v) is 4.76. The molecule has 34 heavy (non-hydrogen) atoms. The van der Waals surface area contributed by atoms with Gasteiger partial charge < -0.3 is 9.97 Å². The first-order valence-electron chi connectivity index (χ1n) is 10.9. The lowest BCUT2D eigenvalue weighted by Gasteiger charge is -2.06. The van der Waals surface area contributed by atoms with Crippen LogP contribution in [0.5, 0.6) is 0 Å². The van der Waals surface area contributed by atoms with E-state index in [9.17, 15) is 0 Å². The third-order valence-electron chi connectivity index (χ3n) is 6.00. The molecule has 2 heterocycles. The predicted octanol–water partition coefficient (Wildman–Crippen LogP) is 8.97. The van der Waals surface area contributed by atoms with E-state index in [1.54, 1.807) is 0 Å². The number of hydrogen-bond donors (Lipinski definition) is 2. The highest BCUT2D eigenvalue weighted by Gasteiger charge is 2.18. The number of benzene rings is 4. The van der Waals surface area contributed by atoms with Gasteiger partial charge in [0.25, 0.3) is 0 Å². The van der Waals surface area contributed by atoms with Gasteiger partial charge in [-0.15, -0.1) is 0 Å². The number of hydrogen-bond acceptors (Lipinski definition) is 1. The molecule has 0 atom stereocenters. The zero-order valence-electron chi connectivity index (χ0n) is 18.0. The third-order valence-corrected chi connectivity index (χ3v) is 6.75. The molecule has 2 aromatic heterocycles. The maximum Gasteiger partial charge on any atom is 0.140 e. The minimum Gasteiger partial charge on any atom is -0.360 e. The van der Waals surface area contributed by atoms with Gasteiger partial charge in [-0.1, -0.05) is 94.3 Å². The predicted molar refractivity (Wildman–Crippen MR) is 145 cm³/mol. The van der Waals surface area contributed by atoms with Gasteiger partial charge in [0.15, 0.2) is 0 Å². The number of fused-ring (bicyclic) bond motifs is 1. The first kappa shape index (κ1) is 21.0. The van der Waals surface area contributed by atoms with E-state index < -0.39 is 0 Å². The minimum atomic E-state index is 0.707. The topological polar surface area (TPSA) is 44.5 Å². The van der Waals surface area contributed by atoms with Gasteiger partial charge in [-0.2, -0.15) is 0 Å². The van der Waals surface area contributed by atoms with Crippen LogP contribution in [0.2, 0.25) is 5.02 Å². The molecule has 0 saturated carbocycles. The summed E-state index contributed by atoms with van der Waals surface area (Å²) >= 11 is 9.76. The Morgan fingerprint density at radius 3 is 2.15 bits per heavy atom. The number of nitrogens with zero attached hydrogens (tertiary/aromatic N) is 1. The molecular weight excluding hydrogens is 506 g/mol. The van der Waals surface area contributed by atoms with Crippen LogP contribution in [-0.4, -0.2) is 15.0 Å². The molecule has 0 bridgehead atoms. The Bertz CT molecular complexity index is 1600. The number of nitrogens with one attached hydrogen (secondary N) is 2. The lowest BCUT2D eigenvalue weighted by Crippen LogP contribution is -1.85. The zero-order chi connectivity index (χ0) is 23.1. The van der Waals surface area contributed by atoms with Crippen LogP contribution in [0.15, 0.2) is 108 Å². The van der Waals surface area contributed by atoms with Gasteiger partial charge in [-0.05, 0) is 41.5 Å². The Hall–Kier alpha value is -3.60. The van der Waals surface area contributed by atoms with E-state index in [4.69, 9.17) is 16.6 Å². The fraction of sp³-hybridized carbons (Fsp3) is 0. The van der Waals surface area contributed by atoms with Gasteiger partial charge >= 0.3 is 0 Å². The summed E-state index contributed by atoms with van der Waals surface area (Å²) in [6.07, 6.45) is 2.00.